The summed E-state index contributed by atoms with van der Waals surface area (Å²) in [6, 6.07) is 3.86. The lowest BCUT2D eigenvalue weighted by atomic mass is 10.0. The van der Waals surface area contributed by atoms with Crippen molar-refractivity contribution in [3.05, 3.63) is 34.4 Å². The van der Waals surface area contributed by atoms with E-state index in [-0.39, 0.29) is 16.9 Å². The molecule has 0 bridgehead atoms. The van der Waals surface area contributed by atoms with Crippen LogP contribution in [-0.4, -0.2) is 10.2 Å². The lowest BCUT2D eigenvalue weighted by Gasteiger charge is -2.13. The van der Waals surface area contributed by atoms with E-state index in [0.717, 1.165) is 6.07 Å². The molecular weight excluding hydrogens is 299 g/mol. The number of halogens is 4. The number of hydrogen-bond donors (Lipinski definition) is 2. The third kappa shape index (κ3) is 2.14. The van der Waals surface area contributed by atoms with Crippen LogP contribution in [0.5, 0.6) is 0 Å². The standard InChI is InChI=1S/C10H7BrF3N3/c11-7-3-1-2-6(10(12,13)14)8(7)5-4-16-17-9(5)15/h1-4H,(H3,15,16,17). The number of alkyl halides is 3. The van der Waals surface area contributed by atoms with Crippen LogP contribution >= 0.6 is 15.9 Å². The normalized spacial score (nSPS) is 11.8. The molecule has 2 aromatic rings. The van der Waals surface area contributed by atoms with Gasteiger partial charge in [-0.1, -0.05) is 22.0 Å². The first kappa shape index (κ1) is 12.0. The van der Waals surface area contributed by atoms with E-state index in [1.165, 1.54) is 18.3 Å². The molecule has 0 fully saturated rings. The van der Waals surface area contributed by atoms with E-state index in [1.54, 1.807) is 0 Å². The smallest absolute Gasteiger partial charge is 0.384 e. The van der Waals surface area contributed by atoms with Crippen LogP contribution in [0.4, 0.5) is 19.0 Å². The van der Waals surface area contributed by atoms with E-state index in [9.17, 15) is 13.2 Å². The minimum Gasteiger partial charge on any atom is -0.384 e. The number of hydrogen-bond acceptors (Lipinski definition) is 2. The van der Waals surface area contributed by atoms with E-state index >= 15 is 0 Å². The molecule has 0 amide bonds. The topological polar surface area (TPSA) is 54.7 Å². The highest BCUT2D eigenvalue weighted by atomic mass is 79.9. The van der Waals surface area contributed by atoms with Gasteiger partial charge in [0.25, 0.3) is 0 Å². The summed E-state index contributed by atoms with van der Waals surface area (Å²) in [4.78, 5) is 0. The Bertz CT molecular complexity index is 548. The minimum absolute atomic E-state index is 0.00810. The zero-order valence-corrected chi connectivity index (χ0v) is 9.93. The molecule has 0 atom stereocenters. The number of aromatic amines is 1. The molecular formula is C10H7BrF3N3. The molecule has 0 aliphatic carbocycles. The van der Waals surface area contributed by atoms with Crippen molar-refractivity contribution in [1.29, 1.82) is 0 Å². The number of anilines is 1. The van der Waals surface area contributed by atoms with Gasteiger partial charge in [0.1, 0.15) is 5.82 Å². The number of nitrogens with zero attached hydrogens (tertiary/aromatic N) is 1. The second-order valence-electron chi connectivity index (χ2n) is 3.36. The molecule has 0 saturated heterocycles. The Morgan fingerprint density at radius 1 is 1.29 bits per heavy atom. The van der Waals surface area contributed by atoms with Crippen LogP contribution in [0.25, 0.3) is 11.1 Å². The second-order valence-corrected chi connectivity index (χ2v) is 4.21. The van der Waals surface area contributed by atoms with Gasteiger partial charge in [-0.2, -0.15) is 18.3 Å². The van der Waals surface area contributed by atoms with Gasteiger partial charge in [-0.25, -0.2) is 0 Å². The molecule has 7 heteroatoms. The van der Waals surface area contributed by atoms with Crippen molar-refractivity contribution in [1.82, 2.24) is 10.2 Å². The van der Waals surface area contributed by atoms with Crippen molar-refractivity contribution in [2.24, 2.45) is 0 Å². The number of nitrogens with two attached hydrogens (primary N) is 1. The molecule has 1 aromatic carbocycles. The maximum Gasteiger partial charge on any atom is 0.417 e. The lowest BCUT2D eigenvalue weighted by molar-refractivity contribution is -0.137. The average molecular weight is 306 g/mol. The maximum absolute atomic E-state index is 12.9. The number of rotatable bonds is 1. The first-order valence-corrected chi connectivity index (χ1v) is 5.35. The summed E-state index contributed by atoms with van der Waals surface area (Å²) in [5.74, 6) is 0.0994. The van der Waals surface area contributed by atoms with Crippen molar-refractivity contribution < 1.29 is 13.2 Å². The maximum atomic E-state index is 12.9. The van der Waals surface area contributed by atoms with Gasteiger partial charge in [0.15, 0.2) is 0 Å². The molecule has 0 spiro atoms. The summed E-state index contributed by atoms with van der Waals surface area (Å²) in [5.41, 5.74) is 5.02. The monoisotopic (exact) mass is 305 g/mol. The fourth-order valence-electron chi connectivity index (χ4n) is 1.53. The van der Waals surface area contributed by atoms with Gasteiger partial charge in [0.05, 0.1) is 11.8 Å². The van der Waals surface area contributed by atoms with Crippen LogP contribution in [0.2, 0.25) is 0 Å². The van der Waals surface area contributed by atoms with Gasteiger partial charge >= 0.3 is 6.18 Å². The average Bonchev–Trinajstić information content (AvgIpc) is 2.62. The predicted octanol–water partition coefficient (Wildman–Crippen LogP) is 3.44. The van der Waals surface area contributed by atoms with Crippen molar-refractivity contribution >= 4 is 21.7 Å². The van der Waals surface area contributed by atoms with E-state index in [1.807, 2.05) is 0 Å². The fourth-order valence-corrected chi connectivity index (χ4v) is 2.11. The van der Waals surface area contributed by atoms with Gasteiger partial charge in [-0.15, -0.1) is 0 Å². The summed E-state index contributed by atoms with van der Waals surface area (Å²) in [6.45, 7) is 0. The van der Waals surface area contributed by atoms with Crippen molar-refractivity contribution in [3.63, 3.8) is 0 Å². The van der Waals surface area contributed by atoms with Gasteiger partial charge in [-0.3, -0.25) is 5.10 Å². The molecule has 90 valence electrons. The number of aromatic nitrogens is 2. The van der Waals surface area contributed by atoms with Gasteiger partial charge in [-0.05, 0) is 12.1 Å². The zero-order chi connectivity index (χ0) is 12.6. The third-order valence-corrected chi connectivity index (χ3v) is 2.92. The highest BCUT2D eigenvalue weighted by molar-refractivity contribution is 9.10. The Labute approximate surface area is 103 Å². The molecule has 0 radical (unpaired) electrons. The molecule has 1 heterocycles. The summed E-state index contributed by atoms with van der Waals surface area (Å²) >= 11 is 3.10. The quantitative estimate of drug-likeness (QED) is 0.848. The Kier molecular flexibility index (Phi) is 2.86. The third-order valence-electron chi connectivity index (χ3n) is 2.26. The first-order valence-electron chi connectivity index (χ1n) is 4.56. The summed E-state index contributed by atoms with van der Waals surface area (Å²) in [6.07, 6.45) is -3.17. The van der Waals surface area contributed by atoms with Crippen LogP contribution in [0, 0.1) is 0 Å². The number of H-pyrrole nitrogens is 1. The molecule has 0 aliphatic heterocycles. The van der Waals surface area contributed by atoms with Crippen LogP contribution in [0.3, 0.4) is 0 Å². The van der Waals surface area contributed by atoms with Crippen LogP contribution < -0.4 is 5.73 Å². The van der Waals surface area contributed by atoms with Gasteiger partial charge in [0, 0.05) is 15.6 Å². The Balaban J connectivity index is 2.73. The van der Waals surface area contributed by atoms with E-state index in [0.29, 0.717) is 4.47 Å². The van der Waals surface area contributed by atoms with E-state index < -0.39 is 11.7 Å². The van der Waals surface area contributed by atoms with Gasteiger partial charge < -0.3 is 5.73 Å². The van der Waals surface area contributed by atoms with E-state index in [2.05, 4.69) is 26.1 Å². The zero-order valence-electron chi connectivity index (χ0n) is 8.35. The number of nitrogen functional groups attached to an aromatic ring is 1. The molecule has 3 N–H and O–H groups in total. The Morgan fingerprint density at radius 2 is 2.00 bits per heavy atom. The first-order chi connectivity index (χ1) is 7.91. The predicted molar refractivity (Wildman–Crippen MR) is 61.1 cm³/mol. The molecule has 17 heavy (non-hydrogen) atoms. The van der Waals surface area contributed by atoms with Crippen LogP contribution in [0.15, 0.2) is 28.9 Å². The second kappa shape index (κ2) is 4.06. The van der Waals surface area contributed by atoms with Crippen molar-refractivity contribution in [2.45, 2.75) is 6.18 Å². The SMILES string of the molecule is Nc1[nH]ncc1-c1c(Br)cccc1C(F)(F)F. The molecule has 1 aromatic heterocycles. The van der Waals surface area contributed by atoms with E-state index in [4.69, 9.17) is 5.73 Å². The molecule has 0 aliphatic rings. The molecule has 2 rings (SSSR count). The number of benzene rings is 1. The largest absolute Gasteiger partial charge is 0.417 e. The summed E-state index contributed by atoms with van der Waals surface area (Å²) < 4.78 is 38.9. The summed E-state index contributed by atoms with van der Waals surface area (Å²) in [5, 5.41) is 6.04. The summed E-state index contributed by atoms with van der Waals surface area (Å²) in [7, 11) is 0. The highest BCUT2D eigenvalue weighted by Crippen LogP contribution is 2.42. The fraction of sp³-hybridized carbons (Fsp3) is 0.100. The lowest BCUT2D eigenvalue weighted by Crippen LogP contribution is -2.07. The molecule has 0 unspecified atom stereocenters. The Morgan fingerprint density at radius 3 is 2.53 bits per heavy atom. The van der Waals surface area contributed by atoms with Crippen LogP contribution in [-0.2, 0) is 6.18 Å². The molecule has 3 nitrogen and oxygen atoms in total. The minimum atomic E-state index is -4.44. The van der Waals surface area contributed by atoms with Crippen molar-refractivity contribution in [3.8, 4) is 11.1 Å². The molecule has 0 saturated carbocycles. The van der Waals surface area contributed by atoms with Crippen LogP contribution in [0.1, 0.15) is 5.56 Å². The van der Waals surface area contributed by atoms with Gasteiger partial charge in [0.2, 0.25) is 0 Å². The highest BCUT2D eigenvalue weighted by Gasteiger charge is 2.35. The van der Waals surface area contributed by atoms with Crippen molar-refractivity contribution in [2.75, 3.05) is 5.73 Å². The Hall–Kier alpha value is -1.50. The number of nitrogens with one attached hydrogen (secondary N) is 1.